The summed E-state index contributed by atoms with van der Waals surface area (Å²) in [6.07, 6.45) is 0.528. The molecule has 0 saturated heterocycles. The van der Waals surface area contributed by atoms with Gasteiger partial charge in [0, 0.05) is 20.5 Å². The molecular formula is C18H22N4O2S. The first kappa shape index (κ1) is 17.4. The summed E-state index contributed by atoms with van der Waals surface area (Å²) in [5.41, 5.74) is 5.86. The second-order valence-electron chi connectivity index (χ2n) is 6.67. The van der Waals surface area contributed by atoms with E-state index in [0.29, 0.717) is 18.1 Å². The van der Waals surface area contributed by atoms with Crippen LogP contribution >= 0.6 is 12.2 Å². The fourth-order valence-corrected chi connectivity index (χ4v) is 3.16. The van der Waals surface area contributed by atoms with E-state index in [4.69, 9.17) is 12.2 Å². The van der Waals surface area contributed by atoms with Gasteiger partial charge in [-0.3, -0.25) is 13.9 Å². The van der Waals surface area contributed by atoms with Gasteiger partial charge in [-0.1, -0.05) is 38.1 Å². The van der Waals surface area contributed by atoms with Crippen LogP contribution in [-0.2, 0) is 14.1 Å². The first-order valence-corrected chi connectivity index (χ1v) is 8.63. The van der Waals surface area contributed by atoms with Crippen LogP contribution < -0.4 is 11.0 Å². The monoisotopic (exact) mass is 358 g/mol. The van der Waals surface area contributed by atoms with Gasteiger partial charge in [0.05, 0.1) is 11.8 Å². The first-order valence-electron chi connectivity index (χ1n) is 8.22. The summed E-state index contributed by atoms with van der Waals surface area (Å²) in [7, 11) is 3.23. The minimum atomic E-state index is -0.336. The number of nitrogens with zero attached hydrogens (tertiary/aromatic N) is 3. The molecule has 25 heavy (non-hydrogen) atoms. The zero-order valence-corrected chi connectivity index (χ0v) is 15.6. The van der Waals surface area contributed by atoms with Crippen molar-refractivity contribution in [3.63, 3.8) is 0 Å². The standard InChI is InChI=1S/C18H22N4O2S/c1-10(2)11-5-7-12(8-6-11)13-9-14(20-19-13)15-16(23)21(3)18(25)22(4)17(15)24/h5-8,10,13,19,23H,9H2,1-4H3. The molecule has 7 heteroatoms. The number of aromatic nitrogens is 2. The number of aromatic hydroxyl groups is 1. The Labute approximate surface area is 151 Å². The second kappa shape index (κ2) is 6.48. The average Bonchev–Trinajstić information content (AvgIpc) is 3.08. The van der Waals surface area contributed by atoms with E-state index < -0.39 is 0 Å². The molecule has 0 fully saturated rings. The Balaban J connectivity index is 1.91. The summed E-state index contributed by atoms with van der Waals surface area (Å²) in [5.74, 6) is 0.332. The van der Waals surface area contributed by atoms with Gasteiger partial charge in [-0.15, -0.1) is 0 Å². The number of hydrazone groups is 1. The van der Waals surface area contributed by atoms with E-state index in [0.717, 1.165) is 5.56 Å². The molecule has 0 amide bonds. The van der Waals surface area contributed by atoms with Crippen molar-refractivity contribution in [2.75, 3.05) is 0 Å². The maximum atomic E-state index is 12.5. The second-order valence-corrected chi connectivity index (χ2v) is 7.04. The Kier molecular flexibility index (Phi) is 4.51. The van der Waals surface area contributed by atoms with Crippen molar-refractivity contribution in [3.8, 4) is 5.88 Å². The van der Waals surface area contributed by atoms with E-state index in [1.807, 2.05) is 0 Å². The molecule has 3 rings (SSSR count). The third-order valence-corrected chi connectivity index (χ3v) is 5.23. The van der Waals surface area contributed by atoms with E-state index in [1.54, 1.807) is 14.1 Å². The molecule has 2 aromatic rings. The smallest absolute Gasteiger partial charge is 0.267 e. The molecular weight excluding hydrogens is 336 g/mol. The zero-order valence-electron chi connectivity index (χ0n) is 14.8. The van der Waals surface area contributed by atoms with Crippen LogP contribution in [-0.4, -0.2) is 20.0 Å². The molecule has 0 spiro atoms. The first-order chi connectivity index (χ1) is 11.8. The largest absolute Gasteiger partial charge is 0.494 e. The number of nitrogens with one attached hydrogen (secondary N) is 1. The van der Waals surface area contributed by atoms with Crippen LogP contribution in [0.15, 0.2) is 34.2 Å². The van der Waals surface area contributed by atoms with Crippen LogP contribution in [0, 0.1) is 4.77 Å². The highest BCUT2D eigenvalue weighted by Crippen LogP contribution is 2.27. The van der Waals surface area contributed by atoms with Crippen molar-refractivity contribution in [1.82, 2.24) is 14.6 Å². The maximum Gasteiger partial charge on any atom is 0.267 e. The molecule has 0 saturated carbocycles. The van der Waals surface area contributed by atoms with Crippen LogP contribution in [0.1, 0.15) is 48.9 Å². The van der Waals surface area contributed by atoms with Crippen molar-refractivity contribution in [2.45, 2.75) is 32.2 Å². The van der Waals surface area contributed by atoms with E-state index >= 15 is 0 Å². The van der Waals surface area contributed by atoms with Crippen molar-refractivity contribution < 1.29 is 5.11 Å². The van der Waals surface area contributed by atoms with Crippen LogP contribution in [0.2, 0.25) is 0 Å². The summed E-state index contributed by atoms with van der Waals surface area (Å²) in [6.45, 7) is 4.32. The summed E-state index contributed by atoms with van der Waals surface area (Å²) >= 11 is 5.15. The summed E-state index contributed by atoms with van der Waals surface area (Å²) in [4.78, 5) is 12.5. The average molecular weight is 358 g/mol. The zero-order chi connectivity index (χ0) is 18.3. The Morgan fingerprint density at radius 1 is 1.24 bits per heavy atom. The van der Waals surface area contributed by atoms with Gasteiger partial charge in [0.1, 0.15) is 5.56 Å². The molecule has 1 aliphatic rings. The lowest BCUT2D eigenvalue weighted by atomic mass is 9.96. The Morgan fingerprint density at radius 2 is 1.88 bits per heavy atom. The van der Waals surface area contributed by atoms with Gasteiger partial charge in [0.25, 0.3) is 5.56 Å². The lowest BCUT2D eigenvalue weighted by Crippen LogP contribution is -2.28. The fourth-order valence-electron chi connectivity index (χ4n) is 2.99. The molecule has 1 aromatic carbocycles. The minimum Gasteiger partial charge on any atom is -0.494 e. The molecule has 1 aliphatic heterocycles. The predicted octanol–water partition coefficient (Wildman–Crippen LogP) is 2.72. The summed E-state index contributed by atoms with van der Waals surface area (Å²) in [5, 5.41) is 14.7. The van der Waals surface area contributed by atoms with E-state index in [1.165, 1.54) is 14.7 Å². The quantitative estimate of drug-likeness (QED) is 0.828. The molecule has 1 unspecified atom stereocenters. The van der Waals surface area contributed by atoms with Crippen LogP contribution in [0.5, 0.6) is 5.88 Å². The van der Waals surface area contributed by atoms with Gasteiger partial charge in [-0.2, -0.15) is 5.10 Å². The van der Waals surface area contributed by atoms with E-state index in [-0.39, 0.29) is 27.8 Å². The predicted molar refractivity (Wildman–Crippen MR) is 101 cm³/mol. The molecule has 0 bridgehead atoms. The molecule has 0 aliphatic carbocycles. The van der Waals surface area contributed by atoms with Gasteiger partial charge in [0.15, 0.2) is 4.77 Å². The molecule has 2 heterocycles. The molecule has 1 atom stereocenters. The maximum absolute atomic E-state index is 12.5. The number of rotatable bonds is 3. The van der Waals surface area contributed by atoms with Gasteiger partial charge in [0.2, 0.25) is 5.88 Å². The lowest BCUT2D eigenvalue weighted by Gasteiger charge is -2.13. The van der Waals surface area contributed by atoms with Crippen molar-refractivity contribution >= 4 is 17.9 Å². The van der Waals surface area contributed by atoms with E-state index in [2.05, 4.69) is 48.6 Å². The normalized spacial score (nSPS) is 16.8. The Bertz CT molecular complexity index is 955. The molecule has 0 radical (unpaired) electrons. The van der Waals surface area contributed by atoms with Crippen molar-refractivity contribution in [2.24, 2.45) is 19.2 Å². The van der Waals surface area contributed by atoms with Crippen molar-refractivity contribution in [1.29, 1.82) is 0 Å². The van der Waals surface area contributed by atoms with Crippen LogP contribution in [0.4, 0.5) is 0 Å². The molecule has 2 N–H and O–H groups in total. The van der Waals surface area contributed by atoms with Gasteiger partial charge in [-0.25, -0.2) is 0 Å². The van der Waals surface area contributed by atoms with Crippen LogP contribution in [0.25, 0.3) is 0 Å². The number of benzene rings is 1. The Hall–Kier alpha value is -2.41. The lowest BCUT2D eigenvalue weighted by molar-refractivity contribution is 0.414. The summed E-state index contributed by atoms with van der Waals surface area (Å²) < 4.78 is 3.02. The highest BCUT2D eigenvalue weighted by molar-refractivity contribution is 7.71. The van der Waals surface area contributed by atoms with Crippen molar-refractivity contribution in [3.05, 3.63) is 56.1 Å². The molecule has 132 valence electrons. The van der Waals surface area contributed by atoms with E-state index in [9.17, 15) is 9.90 Å². The van der Waals surface area contributed by atoms with Crippen LogP contribution in [0.3, 0.4) is 0 Å². The molecule has 1 aromatic heterocycles. The van der Waals surface area contributed by atoms with Gasteiger partial charge < -0.3 is 10.5 Å². The number of hydrogen-bond acceptors (Lipinski definition) is 5. The minimum absolute atomic E-state index is 0.0196. The Morgan fingerprint density at radius 3 is 2.48 bits per heavy atom. The highest BCUT2D eigenvalue weighted by Gasteiger charge is 2.27. The SMILES string of the molecule is CC(C)c1ccc(C2CC(c3c(O)n(C)c(=S)n(C)c3=O)=NN2)cc1. The number of hydrogen-bond donors (Lipinski definition) is 2. The summed E-state index contributed by atoms with van der Waals surface area (Å²) in [6, 6.07) is 8.37. The third-order valence-electron chi connectivity index (χ3n) is 4.68. The highest BCUT2D eigenvalue weighted by atomic mass is 32.1. The van der Waals surface area contributed by atoms with Gasteiger partial charge in [-0.05, 0) is 29.3 Å². The van der Waals surface area contributed by atoms with Gasteiger partial charge >= 0.3 is 0 Å². The molecule has 6 nitrogen and oxygen atoms in total. The fraction of sp³-hybridized carbons (Fsp3) is 0.389. The third kappa shape index (κ3) is 3.00. The topological polar surface area (TPSA) is 71.5 Å².